The van der Waals surface area contributed by atoms with Crippen molar-refractivity contribution in [2.45, 2.75) is 19.6 Å². The fourth-order valence-electron chi connectivity index (χ4n) is 0.849. The van der Waals surface area contributed by atoms with Gasteiger partial charge in [0.25, 0.3) is 0 Å². The molecule has 1 aromatic rings. The van der Waals surface area contributed by atoms with E-state index < -0.39 is 12.1 Å². The molecule has 1 heterocycles. The zero-order valence-electron chi connectivity index (χ0n) is 8.52. The van der Waals surface area contributed by atoms with E-state index in [2.05, 4.69) is 10.9 Å². The van der Waals surface area contributed by atoms with Gasteiger partial charge < -0.3 is 9.47 Å². The van der Waals surface area contributed by atoms with E-state index in [9.17, 15) is 4.79 Å². The van der Waals surface area contributed by atoms with Crippen LogP contribution in [-0.4, -0.2) is 24.2 Å². The summed E-state index contributed by atoms with van der Waals surface area (Å²) in [6.45, 7) is 2.02. The smallest absolute Gasteiger partial charge is 0.359 e. The number of esters is 1. The number of carbonyl (C=O) groups excluding carboxylic acids is 1. The number of methoxy groups -OCH3 is 1. The molecule has 0 amide bonds. The van der Waals surface area contributed by atoms with Gasteiger partial charge in [-0.2, -0.15) is 0 Å². The van der Waals surface area contributed by atoms with Crippen LogP contribution in [0.4, 0.5) is 0 Å². The summed E-state index contributed by atoms with van der Waals surface area (Å²) in [7, 11) is 1.57. The summed E-state index contributed by atoms with van der Waals surface area (Å²) in [4.78, 5) is 15.5. The first-order valence-electron chi connectivity index (χ1n) is 4.27. The third-order valence-corrected chi connectivity index (χ3v) is 2.37. The van der Waals surface area contributed by atoms with Crippen molar-refractivity contribution in [2.75, 3.05) is 7.11 Å². The molecule has 80 valence electrons. The van der Waals surface area contributed by atoms with Gasteiger partial charge in [-0.25, -0.2) is 9.78 Å². The summed E-state index contributed by atoms with van der Waals surface area (Å²) < 4.78 is 9.79. The lowest BCUT2D eigenvalue weighted by atomic mass is 10.4. The van der Waals surface area contributed by atoms with Crippen LogP contribution >= 0.6 is 11.3 Å². The molecular formula is C10H11NO3S. The molecule has 0 N–H and O–H groups in total. The average molecular weight is 225 g/mol. The standard InChI is InChI=1S/C10H11NO3S/c1-4-7(2)14-10(12)8-6-15-9(11-8)5-13-3/h1,6-7H,5H2,2-3H3/t7-/m0/s1. The van der Waals surface area contributed by atoms with Crippen LogP contribution in [0.3, 0.4) is 0 Å². The number of nitrogens with zero attached hydrogens (tertiary/aromatic N) is 1. The van der Waals surface area contributed by atoms with Crippen molar-refractivity contribution in [1.82, 2.24) is 4.98 Å². The highest BCUT2D eigenvalue weighted by molar-refractivity contribution is 7.09. The highest BCUT2D eigenvalue weighted by Gasteiger charge is 2.14. The minimum atomic E-state index is -0.537. The summed E-state index contributed by atoms with van der Waals surface area (Å²) >= 11 is 1.35. The zero-order valence-corrected chi connectivity index (χ0v) is 9.34. The van der Waals surface area contributed by atoms with Gasteiger partial charge in [-0.05, 0) is 6.92 Å². The van der Waals surface area contributed by atoms with Crippen LogP contribution in [0.1, 0.15) is 22.4 Å². The summed E-state index contributed by atoms with van der Waals surface area (Å²) in [6.07, 6.45) is 4.55. The van der Waals surface area contributed by atoms with E-state index in [4.69, 9.17) is 15.9 Å². The van der Waals surface area contributed by atoms with E-state index in [1.54, 1.807) is 19.4 Å². The lowest BCUT2D eigenvalue weighted by Gasteiger charge is -2.04. The Morgan fingerprint density at radius 2 is 2.53 bits per heavy atom. The quantitative estimate of drug-likeness (QED) is 0.575. The number of carbonyl (C=O) groups is 1. The molecule has 1 aromatic heterocycles. The second-order valence-corrected chi connectivity index (χ2v) is 3.72. The normalized spacial score (nSPS) is 11.8. The van der Waals surface area contributed by atoms with Crippen molar-refractivity contribution in [1.29, 1.82) is 0 Å². The Hall–Kier alpha value is -1.38. The number of hydrogen-bond acceptors (Lipinski definition) is 5. The van der Waals surface area contributed by atoms with Crippen LogP contribution in [0.5, 0.6) is 0 Å². The van der Waals surface area contributed by atoms with E-state index in [0.717, 1.165) is 5.01 Å². The van der Waals surface area contributed by atoms with Gasteiger partial charge in [0, 0.05) is 12.5 Å². The molecule has 0 fully saturated rings. The van der Waals surface area contributed by atoms with E-state index in [1.165, 1.54) is 11.3 Å². The first-order valence-corrected chi connectivity index (χ1v) is 5.15. The molecule has 0 spiro atoms. The summed E-state index contributed by atoms with van der Waals surface area (Å²) in [5.41, 5.74) is 0.272. The predicted octanol–water partition coefficient (Wildman–Crippen LogP) is 1.47. The number of rotatable bonds is 4. The van der Waals surface area contributed by atoms with Crippen molar-refractivity contribution >= 4 is 17.3 Å². The Kier molecular flexibility index (Phi) is 4.28. The Morgan fingerprint density at radius 3 is 3.13 bits per heavy atom. The molecule has 0 aliphatic heterocycles. The molecule has 4 nitrogen and oxygen atoms in total. The summed E-state index contributed by atoms with van der Waals surface area (Å²) in [5, 5.41) is 2.36. The maximum atomic E-state index is 11.4. The van der Waals surface area contributed by atoms with Crippen molar-refractivity contribution < 1.29 is 14.3 Å². The number of ether oxygens (including phenoxy) is 2. The van der Waals surface area contributed by atoms with Crippen molar-refractivity contribution in [2.24, 2.45) is 0 Å². The van der Waals surface area contributed by atoms with Gasteiger partial charge in [-0.1, -0.05) is 5.92 Å². The van der Waals surface area contributed by atoms with Crippen molar-refractivity contribution in [3.05, 3.63) is 16.1 Å². The monoisotopic (exact) mass is 225 g/mol. The fraction of sp³-hybridized carbons (Fsp3) is 0.400. The van der Waals surface area contributed by atoms with E-state index in [1.807, 2.05) is 0 Å². The van der Waals surface area contributed by atoms with Crippen molar-refractivity contribution in [3.63, 3.8) is 0 Å². The maximum Gasteiger partial charge on any atom is 0.359 e. The van der Waals surface area contributed by atoms with Gasteiger partial charge in [0.05, 0.1) is 6.61 Å². The molecular weight excluding hydrogens is 214 g/mol. The molecule has 0 radical (unpaired) electrons. The Morgan fingerprint density at radius 1 is 1.80 bits per heavy atom. The zero-order chi connectivity index (χ0) is 11.3. The molecule has 0 bridgehead atoms. The average Bonchev–Trinajstić information content (AvgIpc) is 2.67. The molecule has 0 aliphatic rings. The second-order valence-electron chi connectivity index (χ2n) is 2.77. The van der Waals surface area contributed by atoms with Crippen LogP contribution in [0, 0.1) is 12.3 Å². The molecule has 0 aliphatic carbocycles. The third kappa shape index (κ3) is 3.35. The van der Waals surface area contributed by atoms with Crippen molar-refractivity contribution in [3.8, 4) is 12.3 Å². The number of hydrogen-bond donors (Lipinski definition) is 0. The maximum absolute atomic E-state index is 11.4. The van der Waals surface area contributed by atoms with E-state index >= 15 is 0 Å². The second kappa shape index (κ2) is 5.49. The van der Waals surface area contributed by atoms with E-state index in [-0.39, 0.29) is 5.69 Å². The fourth-order valence-corrected chi connectivity index (χ4v) is 1.58. The minimum Gasteiger partial charge on any atom is -0.445 e. The molecule has 0 unspecified atom stereocenters. The molecule has 15 heavy (non-hydrogen) atoms. The third-order valence-electron chi connectivity index (χ3n) is 1.55. The Balaban J connectivity index is 2.62. The molecule has 0 saturated heterocycles. The first kappa shape index (κ1) is 11.7. The van der Waals surface area contributed by atoms with Crippen LogP contribution in [-0.2, 0) is 16.1 Å². The van der Waals surface area contributed by atoms with Crippen LogP contribution in [0.2, 0.25) is 0 Å². The van der Waals surface area contributed by atoms with Crippen LogP contribution in [0.15, 0.2) is 5.38 Å². The summed E-state index contributed by atoms with van der Waals surface area (Å²) in [5.74, 6) is 1.80. The summed E-state index contributed by atoms with van der Waals surface area (Å²) in [6, 6.07) is 0. The first-order chi connectivity index (χ1) is 7.17. The van der Waals surface area contributed by atoms with Gasteiger partial charge >= 0.3 is 5.97 Å². The van der Waals surface area contributed by atoms with Crippen LogP contribution in [0.25, 0.3) is 0 Å². The lowest BCUT2D eigenvalue weighted by molar-refractivity contribution is 0.0432. The molecule has 0 aromatic carbocycles. The minimum absolute atomic E-state index is 0.272. The number of thiazole rings is 1. The molecule has 0 saturated carbocycles. The Bertz CT molecular complexity index is 380. The highest BCUT2D eigenvalue weighted by atomic mass is 32.1. The van der Waals surface area contributed by atoms with Crippen LogP contribution < -0.4 is 0 Å². The van der Waals surface area contributed by atoms with E-state index in [0.29, 0.717) is 6.61 Å². The Labute approximate surface area is 92.2 Å². The topological polar surface area (TPSA) is 48.4 Å². The molecule has 1 atom stereocenters. The molecule has 1 rings (SSSR count). The van der Waals surface area contributed by atoms with Gasteiger partial charge in [0.1, 0.15) is 5.01 Å². The van der Waals surface area contributed by atoms with Gasteiger partial charge in [-0.3, -0.25) is 0 Å². The highest BCUT2D eigenvalue weighted by Crippen LogP contribution is 2.12. The molecule has 5 heteroatoms. The predicted molar refractivity (Wildman–Crippen MR) is 56.5 cm³/mol. The SMILES string of the molecule is C#C[C@H](C)OC(=O)c1csc(COC)n1. The van der Waals surface area contributed by atoms with Gasteiger partial charge in [0.2, 0.25) is 0 Å². The number of terminal acetylenes is 1. The largest absolute Gasteiger partial charge is 0.445 e. The number of aromatic nitrogens is 1. The van der Waals surface area contributed by atoms with Gasteiger partial charge in [-0.15, -0.1) is 17.8 Å². The van der Waals surface area contributed by atoms with Gasteiger partial charge in [0.15, 0.2) is 11.8 Å². The lowest BCUT2D eigenvalue weighted by Crippen LogP contribution is -2.13.